The molecule has 5 aliphatic rings. The number of sulfonamides is 1. The lowest BCUT2D eigenvalue weighted by molar-refractivity contribution is -0.136. The van der Waals surface area contributed by atoms with Crippen LogP contribution in [0.4, 0.5) is 10.8 Å². The van der Waals surface area contributed by atoms with Crippen molar-refractivity contribution >= 4 is 73.5 Å². The van der Waals surface area contributed by atoms with E-state index in [9.17, 15) is 42.0 Å². The van der Waals surface area contributed by atoms with Crippen molar-refractivity contribution < 1.29 is 51.5 Å². The predicted octanol–water partition coefficient (Wildman–Crippen LogP) is 0.254. The first kappa shape index (κ1) is 48.8. The van der Waals surface area contributed by atoms with E-state index in [2.05, 4.69) is 37.4 Å². The van der Waals surface area contributed by atoms with Gasteiger partial charge in [-0.3, -0.25) is 43.8 Å². The van der Waals surface area contributed by atoms with Crippen molar-refractivity contribution in [1.29, 1.82) is 5.26 Å². The normalized spacial score (nSPS) is 19.4. The summed E-state index contributed by atoms with van der Waals surface area (Å²) in [6, 6.07) is 9.69. The first-order chi connectivity index (χ1) is 34.3. The Morgan fingerprint density at radius 1 is 0.915 bits per heavy atom. The van der Waals surface area contributed by atoms with Crippen molar-refractivity contribution in [3.8, 4) is 6.19 Å². The number of thiazole rings is 1. The van der Waals surface area contributed by atoms with Gasteiger partial charge in [-0.2, -0.15) is 9.57 Å². The second-order valence-corrected chi connectivity index (χ2v) is 20.4. The quantitative estimate of drug-likeness (QED) is 0.0726. The molecule has 24 nitrogen and oxygen atoms in total. The van der Waals surface area contributed by atoms with E-state index < -0.39 is 39.7 Å². The number of nitrogens with zero attached hydrogens (tertiary/aromatic N) is 10. The van der Waals surface area contributed by atoms with Crippen LogP contribution in [0.15, 0.2) is 53.6 Å². The minimum Gasteiger partial charge on any atom is -0.382 e. The molecule has 5 aliphatic heterocycles. The summed E-state index contributed by atoms with van der Waals surface area (Å²) in [5, 5.41) is 25.8. The number of likely N-dealkylation sites (tertiary alicyclic amines) is 1. The highest BCUT2D eigenvalue weighted by atomic mass is 32.2. The number of imide groups is 2. The van der Waals surface area contributed by atoms with Gasteiger partial charge >= 0.3 is 0 Å². The van der Waals surface area contributed by atoms with Crippen LogP contribution in [0.25, 0.3) is 0 Å². The van der Waals surface area contributed by atoms with E-state index in [0.29, 0.717) is 55.5 Å². The Morgan fingerprint density at radius 3 is 2.51 bits per heavy atom. The first-order valence-corrected chi connectivity index (χ1v) is 25.3. The molecule has 3 saturated heterocycles. The average molecular weight is 1010 g/mol. The number of nitrogens with one attached hydrogen (secondary N) is 3. The Kier molecular flexibility index (Phi) is 14.5. The number of carbonyl (C=O) groups excluding carboxylic acids is 7. The number of hydrogen-bond acceptors (Lipinski definition) is 18. The summed E-state index contributed by atoms with van der Waals surface area (Å²) < 4.78 is 41.6. The van der Waals surface area contributed by atoms with Crippen molar-refractivity contribution in [3.05, 3.63) is 81.6 Å². The zero-order valence-electron chi connectivity index (χ0n) is 38.3. The van der Waals surface area contributed by atoms with Gasteiger partial charge in [0.1, 0.15) is 18.3 Å². The molecule has 9 rings (SSSR count). The number of fused-ring (bicyclic) bond motifs is 2. The molecule has 3 fully saturated rings. The maximum atomic E-state index is 13.8. The Bertz CT molecular complexity index is 2930. The highest BCUT2D eigenvalue weighted by molar-refractivity contribution is 7.89. The Balaban J connectivity index is 0.673. The van der Waals surface area contributed by atoms with Crippen LogP contribution in [0, 0.1) is 17.4 Å². The summed E-state index contributed by atoms with van der Waals surface area (Å²) in [6.45, 7) is 2.93. The molecular weight excluding hydrogens is 963 g/mol. The predicted molar refractivity (Wildman–Crippen MR) is 248 cm³/mol. The van der Waals surface area contributed by atoms with Crippen LogP contribution >= 0.6 is 11.3 Å². The van der Waals surface area contributed by atoms with Crippen molar-refractivity contribution in [2.75, 3.05) is 82.8 Å². The molecule has 0 bridgehead atoms. The van der Waals surface area contributed by atoms with Crippen molar-refractivity contribution in [2.24, 2.45) is 5.92 Å². The van der Waals surface area contributed by atoms with E-state index in [1.54, 1.807) is 39.1 Å². The van der Waals surface area contributed by atoms with Crippen LogP contribution in [-0.4, -0.2) is 172 Å². The molecule has 0 radical (unpaired) electrons. The topological polar surface area (TPSA) is 292 Å². The fraction of sp³-hybridized carbons (Fsp3) is 0.444. The lowest BCUT2D eigenvalue weighted by atomic mass is 10.0. The highest BCUT2D eigenvalue weighted by Crippen LogP contribution is 2.33. The number of aromatic nitrogens is 4. The number of carbonyl (C=O) groups is 7. The molecule has 1 unspecified atom stereocenters. The molecule has 372 valence electrons. The van der Waals surface area contributed by atoms with Crippen LogP contribution in [0.2, 0.25) is 0 Å². The molecule has 26 heteroatoms. The summed E-state index contributed by atoms with van der Waals surface area (Å²) >= 11 is 1.30. The van der Waals surface area contributed by atoms with Crippen molar-refractivity contribution in [1.82, 2.24) is 49.2 Å². The Morgan fingerprint density at radius 2 is 1.72 bits per heavy atom. The van der Waals surface area contributed by atoms with E-state index in [4.69, 9.17) is 14.7 Å². The fourth-order valence-corrected chi connectivity index (χ4v) is 11.5. The molecule has 7 amide bonds. The summed E-state index contributed by atoms with van der Waals surface area (Å²) in [7, 11) is -4.00. The van der Waals surface area contributed by atoms with Crippen molar-refractivity contribution in [3.63, 3.8) is 0 Å². The maximum absolute atomic E-state index is 13.8. The smallest absolute Gasteiger partial charge is 0.264 e. The third-order valence-electron chi connectivity index (χ3n) is 12.8. The molecule has 0 saturated carbocycles. The summed E-state index contributed by atoms with van der Waals surface area (Å²) in [4.78, 5) is 101. The Hall–Kier alpha value is -7.18. The third kappa shape index (κ3) is 10.6. The fourth-order valence-electron chi connectivity index (χ4n) is 9.03. The third-order valence-corrected chi connectivity index (χ3v) is 15.7. The second kappa shape index (κ2) is 21.0. The number of hydrogen-bond donors (Lipinski definition) is 3. The van der Waals surface area contributed by atoms with Gasteiger partial charge in [0.05, 0.1) is 66.8 Å². The maximum Gasteiger partial charge on any atom is 0.264 e. The van der Waals surface area contributed by atoms with Gasteiger partial charge in [-0.15, -0.1) is 5.10 Å². The SMILES string of the molecule is N#CN1CC[C@@H](C(=O)Nc2nc3c(s2)CN(C(=O)c2cccc(S(=O)(=O)N4CCN(C(=O)Cn5cc(COCCOCCNc6cccc7c6C(=O)N(C6CCC(=O)NC6=O)C7=O)nn5)CC4)c2)CC3)C1. The van der Waals surface area contributed by atoms with Crippen LogP contribution in [-0.2, 0) is 64.8 Å². The van der Waals surface area contributed by atoms with Gasteiger partial charge in [-0.1, -0.05) is 28.7 Å². The number of piperazine rings is 1. The number of piperidine rings is 1. The van der Waals surface area contributed by atoms with Gasteiger partial charge in [-0.05, 0) is 43.2 Å². The van der Waals surface area contributed by atoms with Gasteiger partial charge < -0.3 is 34.8 Å². The standard InChI is InChI=1S/C45H49N13O11S2/c46-27-53-12-9-29(22-53)40(61)50-45-48-33-10-13-55(24-36(33)70-45)42(63)28-3-1-4-31(21-28)71(66,67)57-16-14-54(15-17-57)38(60)25-56-23-30(51-52-56)26-69-20-19-68-18-11-47-34-6-2-5-32-39(34)44(65)58(43(32)64)35-7-8-37(59)49-41(35)62/h1-6,21,23,29,35,47H,7-20,22,24-26H2,(H,48,50,61)(H,49,59,62)/t29-,35?/m1/s1. The van der Waals surface area contributed by atoms with Crippen molar-refractivity contribution in [2.45, 2.75) is 56.3 Å². The van der Waals surface area contributed by atoms with Crippen LogP contribution in [0.3, 0.4) is 0 Å². The van der Waals surface area contributed by atoms with Gasteiger partial charge in [0.2, 0.25) is 33.7 Å². The van der Waals surface area contributed by atoms with Gasteiger partial charge in [0, 0.05) is 81.3 Å². The zero-order valence-corrected chi connectivity index (χ0v) is 39.9. The molecule has 2 aromatic carbocycles. The molecule has 2 aromatic heterocycles. The summed E-state index contributed by atoms with van der Waals surface area (Å²) in [5.74, 6) is -3.41. The van der Waals surface area contributed by atoms with Gasteiger partial charge in [0.25, 0.3) is 17.7 Å². The lowest BCUT2D eigenvalue weighted by Crippen LogP contribution is -2.54. The molecule has 0 spiro atoms. The minimum absolute atomic E-state index is 0.0288. The molecule has 3 N–H and O–H groups in total. The zero-order chi connectivity index (χ0) is 49.8. The number of amides is 7. The van der Waals surface area contributed by atoms with Crippen LogP contribution < -0.4 is 16.0 Å². The number of anilines is 2. The van der Waals surface area contributed by atoms with E-state index in [-0.39, 0.29) is 124 Å². The lowest BCUT2D eigenvalue weighted by Gasteiger charge is -2.34. The van der Waals surface area contributed by atoms with E-state index in [1.807, 2.05) is 0 Å². The van der Waals surface area contributed by atoms with Gasteiger partial charge in [0.15, 0.2) is 11.3 Å². The van der Waals surface area contributed by atoms with E-state index in [1.165, 1.54) is 44.6 Å². The molecule has 4 aromatic rings. The molecule has 71 heavy (non-hydrogen) atoms. The number of nitriles is 1. The molecule has 0 aliphatic carbocycles. The first-order valence-electron chi connectivity index (χ1n) is 23.0. The largest absolute Gasteiger partial charge is 0.382 e. The van der Waals surface area contributed by atoms with E-state index in [0.717, 1.165) is 15.5 Å². The highest BCUT2D eigenvalue weighted by Gasteiger charge is 2.45. The monoisotopic (exact) mass is 1010 g/mol. The summed E-state index contributed by atoms with van der Waals surface area (Å²) in [6.07, 6.45) is 4.81. The molecule has 2 atom stereocenters. The van der Waals surface area contributed by atoms with Crippen LogP contribution in [0.5, 0.6) is 0 Å². The second-order valence-electron chi connectivity index (χ2n) is 17.4. The molecule has 7 heterocycles. The Labute approximate surface area is 410 Å². The number of ether oxygens (including phenoxy) is 2. The van der Waals surface area contributed by atoms with Gasteiger partial charge in [-0.25, -0.2) is 18.1 Å². The number of rotatable bonds is 17. The molecular formula is C45H49N13O11S2. The minimum atomic E-state index is -4.00. The summed E-state index contributed by atoms with van der Waals surface area (Å²) in [5.41, 5.74) is 2.25. The van der Waals surface area contributed by atoms with Crippen LogP contribution in [0.1, 0.15) is 66.6 Å². The number of benzene rings is 2. The average Bonchev–Trinajstić information content (AvgIpc) is 4.18. The van der Waals surface area contributed by atoms with E-state index >= 15 is 0 Å².